The van der Waals surface area contributed by atoms with Gasteiger partial charge in [-0.3, -0.25) is 0 Å². The first-order valence-electron chi connectivity index (χ1n) is 20.5. The molecule has 0 aliphatic rings. The molecule has 0 N–H and O–H groups in total. The van der Waals surface area contributed by atoms with Crippen LogP contribution in [0.4, 0.5) is 0 Å². The van der Waals surface area contributed by atoms with Crippen molar-refractivity contribution in [3.05, 3.63) is 151 Å². The third-order valence-corrected chi connectivity index (χ3v) is 7.75. The van der Waals surface area contributed by atoms with E-state index in [2.05, 4.69) is 90.1 Å². The number of hydrogen-bond acceptors (Lipinski definition) is 4. The van der Waals surface area contributed by atoms with Crippen molar-refractivity contribution in [2.45, 2.75) is 147 Å². The van der Waals surface area contributed by atoms with Crippen LogP contribution in [0, 0.1) is 29.7 Å². The van der Waals surface area contributed by atoms with Crippen molar-refractivity contribution in [2.24, 2.45) is 0 Å². The van der Waals surface area contributed by atoms with Crippen LogP contribution < -0.4 is 0 Å². The van der Waals surface area contributed by atoms with Gasteiger partial charge in [-0.25, -0.2) is 0 Å². The molecule has 4 nitrogen and oxygen atoms in total. The van der Waals surface area contributed by atoms with Gasteiger partial charge in [0.05, 0.1) is 0 Å². The Morgan fingerprint density at radius 3 is 0.480 bits per heavy atom. The van der Waals surface area contributed by atoms with Crippen molar-refractivity contribution in [2.75, 3.05) is 0 Å². The van der Waals surface area contributed by atoms with Gasteiger partial charge in [-0.15, -0.1) is 0 Å². The van der Waals surface area contributed by atoms with Crippen molar-refractivity contribution < 1.29 is 345 Å². The van der Waals surface area contributed by atoms with Gasteiger partial charge in [-0.05, 0) is 48.5 Å². The van der Waals surface area contributed by atoms with E-state index in [4.69, 9.17) is 17.7 Å². The van der Waals surface area contributed by atoms with E-state index >= 15 is 0 Å². The van der Waals surface area contributed by atoms with Crippen LogP contribution in [0.5, 0.6) is 0 Å². The average Bonchev–Trinajstić information content (AvgIpc) is 3.99. The Hall–Kier alpha value is 5.56. The Balaban J connectivity index is -0.0000000355. The fourth-order valence-corrected chi connectivity index (χ4v) is 5.89. The fraction of sp³-hybridized carbons (Fsp3) is 0.344. The summed E-state index contributed by atoms with van der Waals surface area (Å²) in [6, 6.07) is 40.7. The van der Waals surface area contributed by atoms with Gasteiger partial charge in [0.1, 0.15) is 44.7 Å². The van der Waals surface area contributed by atoms with E-state index in [1.807, 2.05) is 114 Å². The first-order chi connectivity index (χ1) is 27.0. The molecule has 0 bridgehead atoms. The summed E-state index contributed by atoms with van der Waals surface area (Å²) in [4.78, 5) is 0. The smallest absolute Gasteiger partial charge is 0.136 e. The topological polar surface area (TPSA) is 52.6 Å². The van der Waals surface area contributed by atoms with Gasteiger partial charge in [-0.2, -0.15) is 0 Å². The Labute approximate surface area is 715 Å². The second-order valence-electron chi connectivity index (χ2n) is 12.2. The summed E-state index contributed by atoms with van der Waals surface area (Å²) < 4.78 is 23.7. The zero-order valence-electron chi connectivity index (χ0n) is 45.1. The van der Waals surface area contributed by atoms with Crippen LogP contribution in [0.2, 0.25) is 0 Å². The summed E-state index contributed by atoms with van der Waals surface area (Å²) >= 11 is 0. The first-order valence-corrected chi connectivity index (χ1v) is 20.5. The summed E-state index contributed by atoms with van der Waals surface area (Å²) in [5.74, 6) is 0. The van der Waals surface area contributed by atoms with Crippen molar-refractivity contribution in [3.63, 3.8) is 0 Å². The van der Waals surface area contributed by atoms with Crippen LogP contribution in [-0.2, 0) is 327 Å². The summed E-state index contributed by atoms with van der Waals surface area (Å²) in [7, 11) is 0. The molecule has 0 aliphatic carbocycles. The molecule has 0 fully saturated rings. The third-order valence-electron chi connectivity index (χ3n) is 7.75. The van der Waals surface area contributed by atoms with E-state index in [0.717, 1.165) is 87.8 Å². The van der Waals surface area contributed by atoms with Crippen LogP contribution >= 0.6 is 0 Å². The predicted molar refractivity (Wildman–Crippen MR) is 310 cm³/mol. The predicted octanol–water partition coefficient (Wildman–Crippen LogP) is 23.9. The molecule has 4 aromatic heterocycles. The molecule has 0 amide bonds. The molecule has 0 atom stereocenters. The van der Waals surface area contributed by atoms with Crippen LogP contribution in [0.3, 0.4) is 0 Å². The fourth-order valence-electron chi connectivity index (χ4n) is 5.89. The quantitative estimate of drug-likeness (QED) is 0.142. The normalized spacial score (nSPS) is 7.36. The Morgan fingerprint density at radius 2 is 0.347 bits per heavy atom. The molecule has 14 heteroatoms. The number of benzene rings is 6. The molecular weight excluding hydrogens is 1690 g/mol. The second-order valence-corrected chi connectivity index (χ2v) is 12.2. The molecule has 0 aliphatic heterocycles. The Kier molecular flexibility index (Phi) is 131. The molecule has 4 heterocycles. The molecule has 10 aromatic rings. The number of furan rings is 4. The summed E-state index contributed by atoms with van der Waals surface area (Å²) in [6.07, 6.45) is 3.75. The third kappa shape index (κ3) is 37.1. The first kappa shape index (κ1) is 130. The number of para-hydroxylation sites is 4. The van der Waals surface area contributed by atoms with Crippen LogP contribution in [0.15, 0.2) is 139 Å². The van der Waals surface area contributed by atoms with Gasteiger partial charge < -0.3 is 47.4 Å². The maximum absolute atomic E-state index is 5.94. The van der Waals surface area contributed by atoms with E-state index in [1.165, 1.54) is 19.3 Å². The molecule has 75 heavy (non-hydrogen) atoms. The van der Waals surface area contributed by atoms with Crippen LogP contribution in [0.25, 0.3) is 87.8 Å². The zero-order valence-corrected chi connectivity index (χ0v) is 73.5. The molecule has 0 saturated carbocycles. The van der Waals surface area contributed by atoms with Gasteiger partial charge in [0, 0.05) is 370 Å². The van der Waals surface area contributed by atoms with Crippen molar-refractivity contribution in [1.82, 2.24) is 0 Å². The maximum atomic E-state index is 5.94. The number of hydrogen-bond donors (Lipinski definition) is 0. The van der Waals surface area contributed by atoms with Crippen LogP contribution in [-0.4, -0.2) is 0 Å². The van der Waals surface area contributed by atoms with Crippen LogP contribution in [0.1, 0.15) is 147 Å². The molecule has 0 saturated heterocycles. The Morgan fingerprint density at radius 1 is 0.227 bits per heavy atom. The molecule has 6 aromatic carbocycles. The van der Waals surface area contributed by atoms with Crippen molar-refractivity contribution >= 4 is 87.8 Å². The largest absolute Gasteiger partial charge is 0.456 e. The Bertz CT molecular complexity index is 2290. The summed E-state index contributed by atoms with van der Waals surface area (Å²) in [5, 5.41) is 8.93. The average molecular weight is 1780 g/mol. The SMILES string of the molecule is C.C.C.C.C.C.CC.CC.CC.CCC.CCC.CCC.[CH3-].[CH3-].[CH3-].[CH3-].[Y].[Y].[Y].[Y].[Y].[Y].[Y].[Y].[Y].[Y].c1ccc2c(c1)oc1cc3c(cc12)oc1ccccc13.c1ccc2c(c1)oc1cc3c(cc12)oc1ccccc13. The minimum absolute atomic E-state index is 0. The maximum Gasteiger partial charge on any atom is 0.136 e. The molecule has 10 radical (unpaired) electrons. The minimum atomic E-state index is 0. The number of rotatable bonds is 0. The monoisotopic (exact) mass is 1780 g/mol. The van der Waals surface area contributed by atoms with E-state index in [1.54, 1.807) is 0 Å². The molecule has 0 unspecified atom stereocenters. The second kappa shape index (κ2) is 75.7. The van der Waals surface area contributed by atoms with Gasteiger partial charge in [0.2, 0.25) is 0 Å². The van der Waals surface area contributed by atoms with E-state index in [9.17, 15) is 0 Å². The summed E-state index contributed by atoms with van der Waals surface area (Å²) in [5.41, 5.74) is 7.30. The van der Waals surface area contributed by atoms with E-state index in [-0.39, 0.29) is 401 Å². The van der Waals surface area contributed by atoms with Gasteiger partial charge in [0.25, 0.3) is 0 Å². The summed E-state index contributed by atoms with van der Waals surface area (Å²) in [6.45, 7) is 24.8. The van der Waals surface area contributed by atoms with Crippen molar-refractivity contribution in [3.8, 4) is 0 Å². The van der Waals surface area contributed by atoms with E-state index < -0.39 is 0 Å². The van der Waals surface area contributed by atoms with Gasteiger partial charge in [-0.1, -0.05) is 220 Å². The van der Waals surface area contributed by atoms with Gasteiger partial charge in [0.15, 0.2) is 0 Å². The molecule has 10 rings (SSSR count). The number of fused-ring (bicyclic) bond motifs is 12. The van der Waals surface area contributed by atoms with Crippen molar-refractivity contribution in [1.29, 1.82) is 0 Å². The van der Waals surface area contributed by atoms with Gasteiger partial charge >= 0.3 is 0 Å². The molecule has 0 spiro atoms. The molecular formula is C61H98O4Y10-4. The van der Waals surface area contributed by atoms with E-state index in [0.29, 0.717) is 0 Å². The standard InChI is InChI=1S/2C18H10O2.3C3H8.3C2H6.6CH4.4CH3.10Y/c2*1-3-7-15-11(5-1)13-9-18-14(10-17(13)19-15)12-6-2-4-8-16(12)20-18;3*1-3-2;3*1-2;;;;;;;;;;;;;;;;;;;;/h2*1-10H;3*3H2,1-2H3;3*1-2H3;6*1H4;4*1H3;;;;;;;;;;/q;;;;;;;;;;;;;;4*-1;;;;;;;;;;. The zero-order chi connectivity index (χ0) is 40.3. The minimum Gasteiger partial charge on any atom is -0.456 e. The molecule has 400 valence electrons.